The third-order valence-corrected chi connectivity index (χ3v) is 4.16. The van der Waals surface area contributed by atoms with Gasteiger partial charge in [0.25, 0.3) is 0 Å². The van der Waals surface area contributed by atoms with Gasteiger partial charge in [0.1, 0.15) is 5.41 Å². The first-order chi connectivity index (χ1) is 8.84. The van der Waals surface area contributed by atoms with Crippen molar-refractivity contribution in [3.63, 3.8) is 0 Å². The molecule has 0 bridgehead atoms. The Bertz CT molecular complexity index is 468. The van der Waals surface area contributed by atoms with E-state index in [1.54, 1.807) is 0 Å². The molecule has 3 nitrogen and oxygen atoms in total. The molecule has 94 valence electrons. The van der Waals surface area contributed by atoms with Crippen LogP contribution in [0, 0.1) is 11.3 Å². The maximum atomic E-state index is 9.35. The standard InChI is InChI=1S/C15H18N2O/c16-9-15(10-18-11-15)14-3-1-2-13(8-14)12-4-6-17-7-5-12/h1-3,8,12,17H,4-7,10-11H2. The van der Waals surface area contributed by atoms with Gasteiger partial charge in [0.15, 0.2) is 0 Å². The van der Waals surface area contributed by atoms with E-state index in [-0.39, 0.29) is 5.41 Å². The number of nitrogens with zero attached hydrogens (tertiary/aromatic N) is 1. The third kappa shape index (κ3) is 1.92. The van der Waals surface area contributed by atoms with Crippen LogP contribution >= 0.6 is 0 Å². The van der Waals surface area contributed by atoms with Gasteiger partial charge in [0, 0.05) is 0 Å². The molecule has 18 heavy (non-hydrogen) atoms. The summed E-state index contributed by atoms with van der Waals surface area (Å²) in [6, 6.07) is 11.0. The number of hydrogen-bond acceptors (Lipinski definition) is 3. The smallest absolute Gasteiger partial charge is 0.129 e. The van der Waals surface area contributed by atoms with E-state index in [1.807, 2.05) is 0 Å². The second kappa shape index (κ2) is 4.72. The average molecular weight is 242 g/mol. The van der Waals surface area contributed by atoms with Gasteiger partial charge in [0.05, 0.1) is 19.3 Å². The van der Waals surface area contributed by atoms with Crippen LogP contribution in [-0.4, -0.2) is 26.3 Å². The van der Waals surface area contributed by atoms with Crippen LogP contribution < -0.4 is 5.32 Å². The van der Waals surface area contributed by atoms with Crippen molar-refractivity contribution in [1.82, 2.24) is 5.32 Å². The van der Waals surface area contributed by atoms with Gasteiger partial charge < -0.3 is 10.1 Å². The molecule has 0 aliphatic carbocycles. The van der Waals surface area contributed by atoms with E-state index < -0.39 is 0 Å². The molecule has 1 aromatic rings. The van der Waals surface area contributed by atoms with Gasteiger partial charge in [-0.3, -0.25) is 0 Å². The van der Waals surface area contributed by atoms with Gasteiger partial charge in [-0.2, -0.15) is 5.26 Å². The molecule has 0 radical (unpaired) electrons. The summed E-state index contributed by atoms with van der Waals surface area (Å²) in [5.74, 6) is 0.642. The molecule has 0 atom stereocenters. The van der Waals surface area contributed by atoms with Crippen LogP contribution in [0.2, 0.25) is 0 Å². The molecule has 0 aromatic heterocycles. The van der Waals surface area contributed by atoms with E-state index in [4.69, 9.17) is 4.74 Å². The normalized spacial score (nSPS) is 23.1. The Balaban J connectivity index is 1.87. The number of nitriles is 1. The fraction of sp³-hybridized carbons (Fsp3) is 0.533. The van der Waals surface area contributed by atoms with Crippen LogP contribution in [0.15, 0.2) is 24.3 Å². The van der Waals surface area contributed by atoms with E-state index in [0.717, 1.165) is 18.7 Å². The summed E-state index contributed by atoms with van der Waals surface area (Å²) >= 11 is 0. The van der Waals surface area contributed by atoms with E-state index >= 15 is 0 Å². The highest BCUT2D eigenvalue weighted by Gasteiger charge is 2.41. The van der Waals surface area contributed by atoms with Crippen LogP contribution in [0.25, 0.3) is 0 Å². The highest BCUT2D eigenvalue weighted by Crippen LogP contribution is 2.34. The van der Waals surface area contributed by atoms with Crippen LogP contribution in [-0.2, 0) is 10.2 Å². The average Bonchev–Trinajstić information content (AvgIpc) is 2.40. The van der Waals surface area contributed by atoms with Crippen molar-refractivity contribution in [2.45, 2.75) is 24.2 Å². The van der Waals surface area contributed by atoms with Gasteiger partial charge in [0.2, 0.25) is 0 Å². The Hall–Kier alpha value is -1.37. The van der Waals surface area contributed by atoms with Gasteiger partial charge in [-0.1, -0.05) is 24.3 Å². The molecular formula is C15H18N2O. The second-order valence-corrected chi connectivity index (χ2v) is 5.34. The molecular weight excluding hydrogens is 224 g/mol. The molecule has 1 N–H and O–H groups in total. The molecule has 0 spiro atoms. The van der Waals surface area contributed by atoms with Crippen molar-refractivity contribution < 1.29 is 4.74 Å². The minimum atomic E-state index is -0.386. The van der Waals surface area contributed by atoms with E-state index in [1.165, 1.54) is 18.4 Å². The molecule has 0 amide bonds. The Morgan fingerprint density at radius 2 is 2.06 bits per heavy atom. The van der Waals surface area contributed by atoms with Crippen molar-refractivity contribution in [3.05, 3.63) is 35.4 Å². The predicted molar refractivity (Wildman–Crippen MR) is 69.4 cm³/mol. The Morgan fingerprint density at radius 1 is 1.28 bits per heavy atom. The van der Waals surface area contributed by atoms with E-state index in [0.29, 0.717) is 19.1 Å². The van der Waals surface area contributed by atoms with Crippen molar-refractivity contribution in [3.8, 4) is 6.07 Å². The summed E-state index contributed by atoms with van der Waals surface area (Å²) in [4.78, 5) is 0. The quantitative estimate of drug-likeness (QED) is 0.862. The SMILES string of the molecule is N#CC1(c2cccc(C3CCNCC3)c2)COC1. The first-order valence-electron chi connectivity index (χ1n) is 6.64. The van der Waals surface area contributed by atoms with Crippen molar-refractivity contribution in [2.75, 3.05) is 26.3 Å². The highest BCUT2D eigenvalue weighted by atomic mass is 16.5. The van der Waals surface area contributed by atoms with Crippen LogP contribution in [0.5, 0.6) is 0 Å². The molecule has 0 unspecified atom stereocenters. The first-order valence-corrected chi connectivity index (χ1v) is 6.64. The molecule has 1 aromatic carbocycles. The minimum absolute atomic E-state index is 0.386. The Morgan fingerprint density at radius 3 is 2.67 bits per heavy atom. The summed E-state index contributed by atoms with van der Waals surface area (Å²) in [6.07, 6.45) is 2.39. The number of rotatable bonds is 2. The maximum Gasteiger partial charge on any atom is 0.129 e. The molecule has 2 aliphatic heterocycles. The summed E-state index contributed by atoms with van der Waals surface area (Å²) in [7, 11) is 0. The van der Waals surface area contributed by atoms with Crippen LogP contribution in [0.1, 0.15) is 29.9 Å². The third-order valence-electron chi connectivity index (χ3n) is 4.16. The van der Waals surface area contributed by atoms with Crippen LogP contribution in [0.3, 0.4) is 0 Å². The highest BCUT2D eigenvalue weighted by molar-refractivity contribution is 5.39. The Kier molecular flexibility index (Phi) is 3.07. The van der Waals surface area contributed by atoms with Gasteiger partial charge in [-0.25, -0.2) is 0 Å². The first kappa shape index (κ1) is 11.7. The molecule has 2 heterocycles. The number of ether oxygens (including phenoxy) is 1. The zero-order valence-electron chi connectivity index (χ0n) is 10.5. The zero-order chi connectivity index (χ0) is 12.4. The predicted octanol–water partition coefficient (Wildman–Crippen LogP) is 1.95. The van der Waals surface area contributed by atoms with Gasteiger partial charge in [-0.15, -0.1) is 0 Å². The maximum absolute atomic E-state index is 9.35. The summed E-state index contributed by atoms with van der Waals surface area (Å²) in [5.41, 5.74) is 2.13. The fourth-order valence-electron chi connectivity index (χ4n) is 2.85. The fourth-order valence-corrected chi connectivity index (χ4v) is 2.85. The topological polar surface area (TPSA) is 45.0 Å². The zero-order valence-corrected chi connectivity index (χ0v) is 10.5. The van der Waals surface area contributed by atoms with Crippen LogP contribution in [0.4, 0.5) is 0 Å². The van der Waals surface area contributed by atoms with Crippen molar-refractivity contribution in [1.29, 1.82) is 5.26 Å². The summed E-state index contributed by atoms with van der Waals surface area (Å²) in [5, 5.41) is 12.7. The van der Waals surface area contributed by atoms with Gasteiger partial charge >= 0.3 is 0 Å². The van der Waals surface area contributed by atoms with Crippen molar-refractivity contribution in [2.24, 2.45) is 0 Å². The summed E-state index contributed by atoms with van der Waals surface area (Å²) < 4.78 is 5.24. The minimum Gasteiger partial charge on any atom is -0.377 e. The molecule has 2 saturated heterocycles. The molecule has 2 aliphatic rings. The second-order valence-electron chi connectivity index (χ2n) is 5.34. The molecule has 0 saturated carbocycles. The number of benzene rings is 1. The van der Waals surface area contributed by atoms with Gasteiger partial charge in [-0.05, 0) is 43.0 Å². The lowest BCUT2D eigenvalue weighted by Gasteiger charge is -2.36. The monoisotopic (exact) mass is 242 g/mol. The molecule has 3 rings (SSSR count). The number of hydrogen-bond donors (Lipinski definition) is 1. The number of piperidine rings is 1. The molecule has 3 heteroatoms. The lowest BCUT2D eigenvalue weighted by atomic mass is 9.78. The number of nitrogens with one attached hydrogen (secondary N) is 1. The summed E-state index contributed by atoms with van der Waals surface area (Å²) in [6.45, 7) is 3.28. The van der Waals surface area contributed by atoms with Crippen molar-refractivity contribution >= 4 is 0 Å². The van der Waals surface area contributed by atoms with E-state index in [2.05, 4.69) is 35.7 Å². The molecule has 2 fully saturated rings. The Labute approximate surface area is 108 Å². The lowest BCUT2D eigenvalue weighted by Crippen LogP contribution is -2.45. The lowest BCUT2D eigenvalue weighted by molar-refractivity contribution is -0.0298. The largest absolute Gasteiger partial charge is 0.377 e. The van der Waals surface area contributed by atoms with E-state index in [9.17, 15) is 5.26 Å².